The van der Waals surface area contributed by atoms with Gasteiger partial charge in [-0.3, -0.25) is 0 Å². The van der Waals surface area contributed by atoms with E-state index in [0.717, 1.165) is 4.47 Å². The minimum Gasteiger partial charge on any atom is -0.0616 e. The molecule has 1 heteroatoms. The van der Waals surface area contributed by atoms with Crippen LogP contribution in [0.5, 0.6) is 0 Å². The predicted octanol–water partition coefficient (Wildman–Crippen LogP) is 5.58. The normalized spacial score (nSPS) is 10.8. The molecule has 88 valence electrons. The summed E-state index contributed by atoms with van der Waals surface area (Å²) in [5.74, 6) is 0. The van der Waals surface area contributed by atoms with Gasteiger partial charge in [0.2, 0.25) is 0 Å². The molecule has 3 rings (SSSR count). The molecule has 0 aromatic heterocycles. The van der Waals surface area contributed by atoms with Crippen molar-refractivity contribution in [3.8, 4) is 11.1 Å². The van der Waals surface area contributed by atoms with Crippen molar-refractivity contribution in [3.05, 3.63) is 70.7 Å². The molecule has 0 saturated carbocycles. The van der Waals surface area contributed by atoms with Gasteiger partial charge in [-0.2, -0.15) is 0 Å². The third kappa shape index (κ3) is 1.95. The number of rotatable bonds is 1. The minimum atomic E-state index is 1.15. The topological polar surface area (TPSA) is 0 Å². The summed E-state index contributed by atoms with van der Waals surface area (Å²) in [6.07, 6.45) is 0. The van der Waals surface area contributed by atoms with E-state index < -0.39 is 0 Å². The SMILES string of the molecule is Cc1ccc(-c2ccc(Br)c3ccccc23)cc1. The van der Waals surface area contributed by atoms with Crippen molar-refractivity contribution in [1.82, 2.24) is 0 Å². The van der Waals surface area contributed by atoms with Crippen molar-refractivity contribution < 1.29 is 0 Å². The van der Waals surface area contributed by atoms with Gasteiger partial charge in [0.1, 0.15) is 0 Å². The van der Waals surface area contributed by atoms with E-state index in [1.807, 2.05) is 0 Å². The zero-order chi connectivity index (χ0) is 12.5. The van der Waals surface area contributed by atoms with Crippen LogP contribution in [0.15, 0.2) is 65.1 Å². The maximum Gasteiger partial charge on any atom is 0.0254 e. The molecule has 0 aliphatic heterocycles. The van der Waals surface area contributed by atoms with Gasteiger partial charge in [-0.05, 0) is 34.9 Å². The quantitative estimate of drug-likeness (QED) is 0.550. The summed E-state index contributed by atoms with van der Waals surface area (Å²) >= 11 is 3.62. The summed E-state index contributed by atoms with van der Waals surface area (Å²) in [5.41, 5.74) is 3.85. The van der Waals surface area contributed by atoms with E-state index in [9.17, 15) is 0 Å². The molecule has 0 aliphatic carbocycles. The number of hydrogen-bond donors (Lipinski definition) is 0. The first-order chi connectivity index (χ1) is 8.75. The summed E-state index contributed by atoms with van der Waals surface area (Å²) in [6.45, 7) is 2.11. The van der Waals surface area contributed by atoms with Crippen molar-refractivity contribution in [1.29, 1.82) is 0 Å². The van der Waals surface area contributed by atoms with E-state index >= 15 is 0 Å². The number of fused-ring (bicyclic) bond motifs is 1. The highest BCUT2D eigenvalue weighted by Gasteiger charge is 2.05. The first-order valence-corrected chi connectivity index (χ1v) is 6.79. The molecular formula is C17H13Br. The Balaban J connectivity index is 2.30. The van der Waals surface area contributed by atoms with Crippen molar-refractivity contribution >= 4 is 26.7 Å². The van der Waals surface area contributed by atoms with Gasteiger partial charge in [0.05, 0.1) is 0 Å². The van der Waals surface area contributed by atoms with Crippen LogP contribution < -0.4 is 0 Å². The standard InChI is InChI=1S/C17H13Br/c1-12-6-8-13(9-7-12)14-10-11-17(18)16-5-3-2-4-15(14)16/h2-11H,1H3. The molecule has 0 fully saturated rings. The Labute approximate surface area is 115 Å². The van der Waals surface area contributed by atoms with Crippen LogP contribution in [0.4, 0.5) is 0 Å². The van der Waals surface area contributed by atoms with Crippen molar-refractivity contribution in [3.63, 3.8) is 0 Å². The Hall–Kier alpha value is -1.60. The lowest BCUT2D eigenvalue weighted by molar-refractivity contribution is 1.47. The molecule has 0 heterocycles. The number of benzene rings is 3. The van der Waals surface area contributed by atoms with Gasteiger partial charge in [0, 0.05) is 4.47 Å². The molecule has 3 aromatic rings. The molecule has 3 aromatic carbocycles. The predicted molar refractivity (Wildman–Crippen MR) is 81.8 cm³/mol. The molecule has 0 nitrogen and oxygen atoms in total. The van der Waals surface area contributed by atoms with Gasteiger partial charge in [-0.15, -0.1) is 0 Å². The fraction of sp³-hybridized carbons (Fsp3) is 0.0588. The highest BCUT2D eigenvalue weighted by atomic mass is 79.9. The molecule has 0 saturated heterocycles. The van der Waals surface area contributed by atoms with Crippen LogP contribution in [0.2, 0.25) is 0 Å². The van der Waals surface area contributed by atoms with Gasteiger partial charge < -0.3 is 0 Å². The zero-order valence-corrected chi connectivity index (χ0v) is 11.7. The van der Waals surface area contributed by atoms with E-state index in [0.29, 0.717) is 0 Å². The molecule has 0 aliphatic rings. The minimum absolute atomic E-state index is 1.15. The zero-order valence-electron chi connectivity index (χ0n) is 10.2. The van der Waals surface area contributed by atoms with Crippen LogP contribution in [0.3, 0.4) is 0 Å². The molecule has 0 bridgehead atoms. The Kier molecular flexibility index (Phi) is 2.92. The maximum absolute atomic E-state index is 3.62. The monoisotopic (exact) mass is 296 g/mol. The first-order valence-electron chi connectivity index (χ1n) is 6.00. The smallest absolute Gasteiger partial charge is 0.0254 e. The summed E-state index contributed by atoms with van der Waals surface area (Å²) in [6, 6.07) is 21.5. The first kappa shape index (κ1) is 11.5. The van der Waals surface area contributed by atoms with Crippen LogP contribution in [0.25, 0.3) is 21.9 Å². The molecular weight excluding hydrogens is 284 g/mol. The Morgan fingerprint density at radius 1 is 0.722 bits per heavy atom. The highest BCUT2D eigenvalue weighted by molar-refractivity contribution is 9.10. The second-order valence-corrected chi connectivity index (χ2v) is 5.36. The maximum atomic E-state index is 3.62. The van der Waals surface area contributed by atoms with Crippen LogP contribution >= 0.6 is 15.9 Å². The second kappa shape index (κ2) is 4.58. The molecule has 0 amide bonds. The number of halogens is 1. The van der Waals surface area contributed by atoms with Gasteiger partial charge in [0.15, 0.2) is 0 Å². The largest absolute Gasteiger partial charge is 0.0616 e. The van der Waals surface area contributed by atoms with Gasteiger partial charge in [-0.1, -0.05) is 76.1 Å². The summed E-state index contributed by atoms with van der Waals surface area (Å²) in [7, 11) is 0. The summed E-state index contributed by atoms with van der Waals surface area (Å²) in [4.78, 5) is 0. The lowest BCUT2D eigenvalue weighted by atomic mass is 9.98. The van der Waals surface area contributed by atoms with Crippen molar-refractivity contribution in [2.45, 2.75) is 6.92 Å². The average Bonchev–Trinajstić information content (AvgIpc) is 2.41. The Bertz CT molecular complexity index is 696. The van der Waals surface area contributed by atoms with Gasteiger partial charge in [-0.25, -0.2) is 0 Å². The van der Waals surface area contributed by atoms with Crippen LogP contribution in [-0.4, -0.2) is 0 Å². The van der Waals surface area contributed by atoms with Gasteiger partial charge in [0.25, 0.3) is 0 Å². The van der Waals surface area contributed by atoms with E-state index in [1.165, 1.54) is 27.5 Å². The lowest BCUT2D eigenvalue weighted by Crippen LogP contribution is -1.83. The summed E-state index contributed by atoms with van der Waals surface area (Å²) < 4.78 is 1.15. The summed E-state index contributed by atoms with van der Waals surface area (Å²) in [5, 5.41) is 2.55. The molecule has 0 spiro atoms. The molecule has 0 N–H and O–H groups in total. The molecule has 0 radical (unpaired) electrons. The van der Waals surface area contributed by atoms with E-state index in [-0.39, 0.29) is 0 Å². The molecule has 0 atom stereocenters. The van der Waals surface area contributed by atoms with E-state index in [2.05, 4.69) is 83.5 Å². The van der Waals surface area contributed by atoms with Crippen LogP contribution in [0.1, 0.15) is 5.56 Å². The Morgan fingerprint density at radius 2 is 1.39 bits per heavy atom. The second-order valence-electron chi connectivity index (χ2n) is 4.51. The fourth-order valence-electron chi connectivity index (χ4n) is 2.25. The molecule has 0 unspecified atom stereocenters. The third-order valence-corrected chi connectivity index (χ3v) is 3.92. The number of hydrogen-bond acceptors (Lipinski definition) is 0. The van der Waals surface area contributed by atoms with Crippen LogP contribution in [-0.2, 0) is 0 Å². The number of aryl methyl sites for hydroxylation is 1. The average molecular weight is 297 g/mol. The lowest BCUT2D eigenvalue weighted by Gasteiger charge is -2.08. The Morgan fingerprint density at radius 3 is 2.11 bits per heavy atom. The third-order valence-electron chi connectivity index (χ3n) is 3.23. The fourth-order valence-corrected chi connectivity index (χ4v) is 2.73. The molecule has 18 heavy (non-hydrogen) atoms. The highest BCUT2D eigenvalue weighted by Crippen LogP contribution is 2.33. The van der Waals surface area contributed by atoms with E-state index in [4.69, 9.17) is 0 Å². The van der Waals surface area contributed by atoms with Gasteiger partial charge >= 0.3 is 0 Å². The van der Waals surface area contributed by atoms with Crippen molar-refractivity contribution in [2.24, 2.45) is 0 Å². The van der Waals surface area contributed by atoms with E-state index in [1.54, 1.807) is 0 Å². The van der Waals surface area contributed by atoms with Crippen molar-refractivity contribution in [2.75, 3.05) is 0 Å². The van der Waals surface area contributed by atoms with Crippen LogP contribution in [0, 0.1) is 6.92 Å².